The SMILES string of the molecule is Cc1cccc(C)c1-c1cc(-c2cc3c(cc2Nc2ccc4c(c2)C(C)(C)CCC4(C)C)-c2ccccc2C3(C)C)c2c(c1)N(c1ccc3c(c1)C(C)(C)CCC3(C)C)c1cc3c(cc1[B]2)C(C)(C)CCC3(C)C. The third-order valence-electron chi connectivity index (χ3n) is 19.9. The minimum absolute atomic E-state index is 0.0516. The topological polar surface area (TPSA) is 15.3 Å². The van der Waals surface area contributed by atoms with Crippen LogP contribution in [0.25, 0.3) is 33.4 Å². The number of nitrogens with zero attached hydrogens (tertiary/aromatic N) is 1. The highest BCUT2D eigenvalue weighted by atomic mass is 15.2. The van der Waals surface area contributed by atoms with Gasteiger partial charge in [0.2, 0.25) is 0 Å². The van der Waals surface area contributed by atoms with E-state index in [4.69, 9.17) is 0 Å². The molecule has 0 bridgehead atoms. The maximum absolute atomic E-state index is 4.21. The summed E-state index contributed by atoms with van der Waals surface area (Å²) in [5.74, 6) is 0. The van der Waals surface area contributed by atoms with Crippen molar-refractivity contribution in [1.82, 2.24) is 0 Å². The van der Waals surface area contributed by atoms with E-state index in [1.54, 1.807) is 0 Å². The smallest absolute Gasteiger partial charge is 0.197 e. The summed E-state index contributed by atoms with van der Waals surface area (Å²) in [6.45, 7) is 39.0. The Kier molecular flexibility index (Phi) is 10.7. The lowest BCUT2D eigenvalue weighted by Gasteiger charge is -2.45. The van der Waals surface area contributed by atoms with E-state index in [0.717, 1.165) is 11.4 Å². The van der Waals surface area contributed by atoms with E-state index in [0.29, 0.717) is 0 Å². The third-order valence-corrected chi connectivity index (χ3v) is 19.9. The zero-order valence-corrected chi connectivity index (χ0v) is 47.7. The molecule has 0 fully saturated rings. The molecule has 0 aromatic heterocycles. The number of hydrogen-bond acceptors (Lipinski definition) is 2. The van der Waals surface area contributed by atoms with E-state index < -0.39 is 0 Å². The summed E-state index contributed by atoms with van der Waals surface area (Å²) < 4.78 is 0. The number of anilines is 5. The molecule has 3 heteroatoms. The molecule has 12 rings (SSSR count). The van der Waals surface area contributed by atoms with Gasteiger partial charge in [-0.3, -0.25) is 0 Å². The van der Waals surface area contributed by atoms with Crippen LogP contribution in [0.4, 0.5) is 28.4 Å². The highest BCUT2D eigenvalue weighted by molar-refractivity contribution is 6.73. The van der Waals surface area contributed by atoms with E-state index in [-0.39, 0.29) is 37.9 Å². The van der Waals surface area contributed by atoms with E-state index in [1.165, 1.54) is 156 Å². The molecule has 0 atom stereocenters. The van der Waals surface area contributed by atoms with Gasteiger partial charge in [-0.15, -0.1) is 0 Å². The Bertz CT molecular complexity index is 3490. The zero-order valence-electron chi connectivity index (χ0n) is 47.7. The fourth-order valence-corrected chi connectivity index (χ4v) is 14.7. The van der Waals surface area contributed by atoms with Gasteiger partial charge in [0.05, 0.1) is 0 Å². The molecule has 2 nitrogen and oxygen atoms in total. The average molecular weight is 972 g/mol. The molecule has 0 unspecified atom stereocenters. The first-order valence-electron chi connectivity index (χ1n) is 28.1. The summed E-state index contributed by atoms with van der Waals surface area (Å²) in [6, 6.07) is 46.2. The fraction of sp³-hybridized carbons (Fsp3) is 0.408. The molecule has 1 N–H and O–H groups in total. The molecule has 7 aromatic rings. The quantitative estimate of drug-likeness (QED) is 0.173. The van der Waals surface area contributed by atoms with Crippen molar-refractivity contribution in [2.75, 3.05) is 10.2 Å². The van der Waals surface area contributed by atoms with Crippen molar-refractivity contribution in [1.29, 1.82) is 0 Å². The van der Waals surface area contributed by atoms with Crippen LogP contribution in [0.2, 0.25) is 0 Å². The molecule has 0 spiro atoms. The lowest BCUT2D eigenvalue weighted by atomic mass is 9.55. The van der Waals surface area contributed by atoms with Crippen LogP contribution in [0, 0.1) is 13.8 Å². The number of hydrogen-bond donors (Lipinski definition) is 1. The molecule has 1 radical (unpaired) electrons. The number of nitrogens with one attached hydrogen (secondary N) is 1. The van der Waals surface area contributed by atoms with Crippen LogP contribution < -0.4 is 21.1 Å². The summed E-state index contributed by atoms with van der Waals surface area (Å²) in [6.07, 6.45) is 7.07. The number of aryl methyl sites for hydroxylation is 2. The molecule has 0 saturated carbocycles. The van der Waals surface area contributed by atoms with Crippen molar-refractivity contribution in [2.45, 2.75) is 187 Å². The van der Waals surface area contributed by atoms with Gasteiger partial charge < -0.3 is 10.2 Å². The fourth-order valence-electron chi connectivity index (χ4n) is 14.7. The van der Waals surface area contributed by atoms with Crippen molar-refractivity contribution in [3.05, 3.63) is 171 Å². The molecule has 74 heavy (non-hydrogen) atoms. The molecule has 0 saturated heterocycles. The van der Waals surface area contributed by atoms with Crippen molar-refractivity contribution in [2.24, 2.45) is 0 Å². The van der Waals surface area contributed by atoms with Crippen molar-refractivity contribution in [3.8, 4) is 33.4 Å². The highest BCUT2D eigenvalue weighted by Crippen LogP contribution is 2.55. The van der Waals surface area contributed by atoms with Crippen LogP contribution >= 0.6 is 0 Å². The number of benzene rings is 7. The Labute approximate surface area is 446 Å². The Hall–Kier alpha value is -5.80. The lowest BCUT2D eigenvalue weighted by Crippen LogP contribution is -2.44. The molecule has 4 aliphatic carbocycles. The summed E-state index contributed by atoms with van der Waals surface area (Å²) in [5.41, 5.74) is 30.9. The lowest BCUT2D eigenvalue weighted by molar-refractivity contribution is 0.332. The van der Waals surface area contributed by atoms with Crippen LogP contribution in [0.3, 0.4) is 0 Å². The second-order valence-corrected chi connectivity index (χ2v) is 28.2. The van der Waals surface area contributed by atoms with Gasteiger partial charge in [0, 0.05) is 39.4 Å². The minimum atomic E-state index is -0.186. The Morgan fingerprint density at radius 1 is 0.405 bits per heavy atom. The summed E-state index contributed by atoms with van der Waals surface area (Å²) >= 11 is 0. The van der Waals surface area contributed by atoms with Crippen molar-refractivity contribution >= 4 is 46.6 Å². The van der Waals surface area contributed by atoms with Gasteiger partial charge in [-0.1, -0.05) is 163 Å². The van der Waals surface area contributed by atoms with E-state index in [2.05, 4.69) is 244 Å². The van der Waals surface area contributed by atoms with Crippen LogP contribution in [0.1, 0.15) is 191 Å². The predicted molar refractivity (Wildman–Crippen MR) is 320 cm³/mol. The third kappa shape index (κ3) is 7.46. The van der Waals surface area contributed by atoms with E-state index in [1.807, 2.05) is 0 Å². The van der Waals surface area contributed by atoms with Gasteiger partial charge in [0.1, 0.15) is 0 Å². The second kappa shape index (κ2) is 16.1. The van der Waals surface area contributed by atoms with Crippen LogP contribution in [0.15, 0.2) is 115 Å². The van der Waals surface area contributed by atoms with Crippen LogP contribution in [-0.2, 0) is 37.9 Å². The predicted octanol–water partition coefficient (Wildman–Crippen LogP) is 18.2. The maximum Gasteiger partial charge on any atom is 0.197 e. The summed E-state index contributed by atoms with van der Waals surface area (Å²) in [4.78, 5) is 2.69. The summed E-state index contributed by atoms with van der Waals surface area (Å²) in [7, 11) is 2.58. The van der Waals surface area contributed by atoms with Gasteiger partial charge in [-0.05, 0) is 228 Å². The largest absolute Gasteiger partial charge is 0.355 e. The monoisotopic (exact) mass is 972 g/mol. The molecule has 5 aliphatic rings. The first-order chi connectivity index (χ1) is 34.7. The molecule has 377 valence electrons. The number of fused-ring (bicyclic) bond motifs is 8. The molecular weight excluding hydrogens is 892 g/mol. The molecule has 7 aromatic carbocycles. The van der Waals surface area contributed by atoms with E-state index in [9.17, 15) is 0 Å². The van der Waals surface area contributed by atoms with Gasteiger partial charge in [-0.25, -0.2) is 0 Å². The molecule has 1 heterocycles. The highest BCUT2D eigenvalue weighted by Gasteiger charge is 2.43. The molecule has 1 aliphatic heterocycles. The van der Waals surface area contributed by atoms with E-state index >= 15 is 0 Å². The van der Waals surface area contributed by atoms with Crippen LogP contribution in [-0.4, -0.2) is 7.28 Å². The van der Waals surface area contributed by atoms with Crippen molar-refractivity contribution in [3.63, 3.8) is 0 Å². The second-order valence-electron chi connectivity index (χ2n) is 28.2. The first kappa shape index (κ1) is 49.1. The number of rotatable bonds is 5. The normalized spacial score (nSPS) is 20.1. The van der Waals surface area contributed by atoms with Crippen LogP contribution in [0.5, 0.6) is 0 Å². The maximum atomic E-state index is 4.21. The van der Waals surface area contributed by atoms with Gasteiger partial charge in [-0.2, -0.15) is 0 Å². The van der Waals surface area contributed by atoms with Gasteiger partial charge >= 0.3 is 0 Å². The average Bonchev–Trinajstić information content (AvgIpc) is 3.58. The first-order valence-corrected chi connectivity index (χ1v) is 28.1. The Morgan fingerprint density at radius 2 is 0.946 bits per heavy atom. The minimum Gasteiger partial charge on any atom is -0.355 e. The summed E-state index contributed by atoms with van der Waals surface area (Å²) in [5, 5.41) is 4.21. The van der Waals surface area contributed by atoms with Gasteiger partial charge in [0.25, 0.3) is 0 Å². The van der Waals surface area contributed by atoms with Gasteiger partial charge in [0.15, 0.2) is 7.28 Å². The zero-order chi connectivity index (χ0) is 52.4. The van der Waals surface area contributed by atoms with Crippen molar-refractivity contribution < 1.29 is 0 Å². The molecular formula is C71H80BN2. The Morgan fingerprint density at radius 3 is 1.57 bits per heavy atom. The molecule has 0 amide bonds. The Balaban J connectivity index is 1.18. The standard InChI is InChI=1S/C71H80BN2/c1-42-20-19-21-43(2)63(42)44-34-50(49-38-54-48(47-22-17-18-23-51(47)71(54,15)16)39-60(49)73-45-24-26-52-55(36-45)67(7,8)30-28-65(52,3)4)64-62(35-44)74(46-25-27-53-56(37-46)68(9,10)31-29-66(53,5)6)61-41-58-57(40-59(61)72-64)69(11,12)32-33-70(58,13)14/h17-27,34-41,73H,28-33H2,1-16H3.